The molecule has 9 atom stereocenters. The van der Waals surface area contributed by atoms with Crippen LogP contribution in [0.4, 0.5) is 0 Å². The Balaban J connectivity index is 1.55. The van der Waals surface area contributed by atoms with E-state index < -0.39 is 0 Å². The van der Waals surface area contributed by atoms with Crippen molar-refractivity contribution < 1.29 is 15.3 Å². The number of fused-ring (bicyclic) bond motifs is 5. The summed E-state index contributed by atoms with van der Waals surface area (Å²) in [4.78, 5) is 0. The van der Waals surface area contributed by atoms with Crippen molar-refractivity contribution in [2.45, 2.75) is 96.7 Å². The fourth-order valence-corrected chi connectivity index (χ4v) is 8.29. The molecule has 4 saturated carbocycles. The molecule has 150 valence electrons. The molecule has 3 heteroatoms. The van der Waals surface area contributed by atoms with Gasteiger partial charge in [-0.15, -0.1) is 0 Å². The van der Waals surface area contributed by atoms with Crippen LogP contribution in [0, 0.1) is 40.4 Å². The number of unbranched alkanes of at least 4 members (excludes halogenated alkanes) is 1. The average Bonchev–Trinajstić information content (AvgIpc) is 2.93. The maximum absolute atomic E-state index is 11.2. The summed E-state index contributed by atoms with van der Waals surface area (Å²) in [6.45, 7) is 5.33. The SMILES string of the molecule is C[C@]12CCC3C(C1CC[C@@H]2CCCCO)[C@H](O)C[C@@H]1C[C@H](O)CC[C@]31C. The van der Waals surface area contributed by atoms with E-state index in [2.05, 4.69) is 13.8 Å². The number of aliphatic hydroxyl groups is 3. The first-order valence-corrected chi connectivity index (χ1v) is 11.4. The van der Waals surface area contributed by atoms with Crippen LogP contribution in [-0.2, 0) is 0 Å². The van der Waals surface area contributed by atoms with E-state index in [0.29, 0.717) is 41.1 Å². The van der Waals surface area contributed by atoms with Gasteiger partial charge in [-0.3, -0.25) is 0 Å². The molecule has 0 bridgehead atoms. The van der Waals surface area contributed by atoms with Crippen LogP contribution in [0.15, 0.2) is 0 Å². The number of hydrogen-bond acceptors (Lipinski definition) is 3. The minimum absolute atomic E-state index is 0.145. The maximum Gasteiger partial charge on any atom is 0.0577 e. The average molecular weight is 365 g/mol. The monoisotopic (exact) mass is 364 g/mol. The van der Waals surface area contributed by atoms with Crippen molar-refractivity contribution in [3.63, 3.8) is 0 Å². The molecular weight excluding hydrogens is 324 g/mol. The summed E-state index contributed by atoms with van der Waals surface area (Å²) in [5.41, 5.74) is 0.731. The Morgan fingerprint density at radius 1 is 0.846 bits per heavy atom. The van der Waals surface area contributed by atoms with E-state index in [4.69, 9.17) is 5.11 Å². The minimum Gasteiger partial charge on any atom is -0.396 e. The summed E-state index contributed by atoms with van der Waals surface area (Å²) in [6.07, 6.45) is 12.2. The van der Waals surface area contributed by atoms with Crippen LogP contribution in [0.2, 0.25) is 0 Å². The van der Waals surface area contributed by atoms with Crippen molar-refractivity contribution >= 4 is 0 Å². The fourth-order valence-electron chi connectivity index (χ4n) is 8.29. The Morgan fingerprint density at radius 2 is 1.58 bits per heavy atom. The largest absolute Gasteiger partial charge is 0.396 e. The summed E-state index contributed by atoms with van der Waals surface area (Å²) in [5.74, 6) is 3.10. The van der Waals surface area contributed by atoms with Gasteiger partial charge in [-0.05, 0) is 105 Å². The van der Waals surface area contributed by atoms with E-state index in [0.717, 1.165) is 44.4 Å². The van der Waals surface area contributed by atoms with Crippen LogP contribution in [0.3, 0.4) is 0 Å². The summed E-state index contributed by atoms with van der Waals surface area (Å²) < 4.78 is 0. The van der Waals surface area contributed by atoms with Crippen molar-refractivity contribution in [1.82, 2.24) is 0 Å². The lowest BCUT2D eigenvalue weighted by Gasteiger charge is -2.62. The summed E-state index contributed by atoms with van der Waals surface area (Å²) >= 11 is 0. The topological polar surface area (TPSA) is 60.7 Å². The standard InChI is InChI=1S/C23H40O3/c1-22-11-9-19-21(18(22)7-6-15(22)5-3-4-12-24)20(26)14-16-13-17(25)8-10-23(16,19)2/h15-21,24-26H,3-14H2,1-2H3/t15-,16-,17+,18?,19?,20+,21?,22+,23-/m0/s1. The van der Waals surface area contributed by atoms with Gasteiger partial charge in [0.25, 0.3) is 0 Å². The van der Waals surface area contributed by atoms with Gasteiger partial charge in [0, 0.05) is 6.61 Å². The third kappa shape index (κ3) is 2.88. The molecule has 3 unspecified atom stereocenters. The van der Waals surface area contributed by atoms with E-state index in [1.165, 1.54) is 32.1 Å². The molecule has 3 N–H and O–H groups in total. The van der Waals surface area contributed by atoms with E-state index in [1.807, 2.05) is 0 Å². The van der Waals surface area contributed by atoms with Crippen molar-refractivity contribution in [3.05, 3.63) is 0 Å². The second-order valence-corrected chi connectivity index (χ2v) is 10.8. The van der Waals surface area contributed by atoms with Gasteiger partial charge in [-0.1, -0.05) is 20.3 Å². The maximum atomic E-state index is 11.2. The van der Waals surface area contributed by atoms with E-state index in [-0.39, 0.29) is 12.2 Å². The quantitative estimate of drug-likeness (QED) is 0.657. The Morgan fingerprint density at radius 3 is 2.35 bits per heavy atom. The van der Waals surface area contributed by atoms with E-state index >= 15 is 0 Å². The van der Waals surface area contributed by atoms with Crippen molar-refractivity contribution in [1.29, 1.82) is 0 Å². The molecule has 0 aromatic heterocycles. The van der Waals surface area contributed by atoms with Gasteiger partial charge in [0.1, 0.15) is 0 Å². The highest BCUT2D eigenvalue weighted by molar-refractivity contribution is 5.11. The molecule has 4 aliphatic carbocycles. The van der Waals surface area contributed by atoms with Crippen LogP contribution in [0.5, 0.6) is 0 Å². The molecule has 0 amide bonds. The van der Waals surface area contributed by atoms with Crippen LogP contribution < -0.4 is 0 Å². The Kier molecular flexibility index (Phi) is 5.20. The highest BCUT2D eigenvalue weighted by Crippen LogP contribution is 2.67. The molecule has 0 radical (unpaired) electrons. The first kappa shape index (κ1) is 19.2. The molecule has 0 aromatic rings. The Labute approximate surface area is 159 Å². The van der Waals surface area contributed by atoms with Gasteiger partial charge in [-0.25, -0.2) is 0 Å². The lowest BCUT2D eigenvalue weighted by atomic mass is 9.44. The smallest absolute Gasteiger partial charge is 0.0577 e. The summed E-state index contributed by atoms with van der Waals surface area (Å²) in [6, 6.07) is 0. The zero-order chi connectivity index (χ0) is 18.5. The molecule has 0 aromatic carbocycles. The van der Waals surface area contributed by atoms with Crippen LogP contribution in [0.25, 0.3) is 0 Å². The first-order chi connectivity index (χ1) is 12.4. The third-order valence-corrected chi connectivity index (χ3v) is 9.81. The van der Waals surface area contributed by atoms with Gasteiger partial charge >= 0.3 is 0 Å². The molecular formula is C23H40O3. The van der Waals surface area contributed by atoms with Crippen LogP contribution in [0.1, 0.15) is 84.5 Å². The molecule has 0 heterocycles. The van der Waals surface area contributed by atoms with Gasteiger partial charge in [0.15, 0.2) is 0 Å². The van der Waals surface area contributed by atoms with Gasteiger partial charge in [0.2, 0.25) is 0 Å². The van der Waals surface area contributed by atoms with Crippen LogP contribution in [-0.4, -0.2) is 34.1 Å². The molecule has 0 aliphatic heterocycles. The lowest BCUT2D eigenvalue weighted by molar-refractivity contribution is -0.172. The second-order valence-electron chi connectivity index (χ2n) is 10.8. The van der Waals surface area contributed by atoms with E-state index in [1.54, 1.807) is 0 Å². The number of rotatable bonds is 4. The number of hydrogen-bond donors (Lipinski definition) is 3. The molecule has 3 nitrogen and oxygen atoms in total. The minimum atomic E-state index is -0.163. The zero-order valence-corrected chi connectivity index (χ0v) is 16.9. The summed E-state index contributed by atoms with van der Waals surface area (Å²) in [7, 11) is 0. The van der Waals surface area contributed by atoms with Crippen molar-refractivity contribution in [2.75, 3.05) is 6.61 Å². The van der Waals surface area contributed by atoms with Crippen LogP contribution >= 0.6 is 0 Å². The second kappa shape index (κ2) is 7.04. The lowest BCUT2D eigenvalue weighted by Crippen LogP contribution is -2.58. The molecule has 26 heavy (non-hydrogen) atoms. The Hall–Kier alpha value is -0.120. The van der Waals surface area contributed by atoms with Crippen molar-refractivity contribution in [3.8, 4) is 0 Å². The Bertz CT molecular complexity index is 508. The van der Waals surface area contributed by atoms with Gasteiger partial charge < -0.3 is 15.3 Å². The molecule has 4 rings (SSSR count). The third-order valence-electron chi connectivity index (χ3n) is 9.81. The number of aliphatic hydroxyl groups excluding tert-OH is 3. The predicted molar refractivity (Wildman–Crippen MR) is 104 cm³/mol. The van der Waals surface area contributed by atoms with Crippen molar-refractivity contribution in [2.24, 2.45) is 40.4 Å². The zero-order valence-electron chi connectivity index (χ0n) is 16.9. The first-order valence-electron chi connectivity index (χ1n) is 11.4. The molecule has 0 spiro atoms. The molecule has 4 aliphatic rings. The normalized spacial score (nSPS) is 53.7. The molecule has 4 fully saturated rings. The highest BCUT2D eigenvalue weighted by atomic mass is 16.3. The van der Waals surface area contributed by atoms with E-state index in [9.17, 15) is 10.2 Å². The molecule has 0 saturated heterocycles. The van der Waals surface area contributed by atoms with Gasteiger partial charge in [-0.2, -0.15) is 0 Å². The van der Waals surface area contributed by atoms with Gasteiger partial charge in [0.05, 0.1) is 12.2 Å². The fraction of sp³-hybridized carbons (Fsp3) is 1.00. The highest BCUT2D eigenvalue weighted by Gasteiger charge is 2.62. The predicted octanol–water partition coefficient (Wildman–Crippen LogP) is 4.14. The summed E-state index contributed by atoms with van der Waals surface area (Å²) in [5, 5.41) is 30.5.